The van der Waals surface area contributed by atoms with Crippen LogP contribution in [0.3, 0.4) is 0 Å². The summed E-state index contributed by atoms with van der Waals surface area (Å²) in [6.45, 7) is 4.74. The van der Waals surface area contributed by atoms with Crippen molar-refractivity contribution >= 4 is 12.1 Å². The van der Waals surface area contributed by atoms with Crippen LogP contribution in [-0.2, 0) is 19.0 Å². The summed E-state index contributed by atoms with van der Waals surface area (Å²) in [6, 6.07) is 0. The Morgan fingerprint density at radius 3 is 2.33 bits per heavy atom. The van der Waals surface area contributed by atoms with E-state index in [-0.39, 0.29) is 25.7 Å². The van der Waals surface area contributed by atoms with Gasteiger partial charge in [-0.3, -0.25) is 4.79 Å². The lowest BCUT2D eigenvalue weighted by Crippen LogP contribution is -2.28. The molecule has 6 heteroatoms. The second-order valence-corrected chi connectivity index (χ2v) is 2.51. The second kappa shape index (κ2) is 9.26. The van der Waals surface area contributed by atoms with Crippen LogP contribution < -0.4 is 5.32 Å². The Morgan fingerprint density at radius 1 is 1.07 bits per heavy atom. The molecule has 0 fully saturated rings. The molecule has 0 aromatic heterocycles. The molecule has 0 atom stereocenters. The second-order valence-electron chi connectivity index (χ2n) is 2.51. The Hall–Kier alpha value is -1.30. The molecule has 0 aliphatic rings. The van der Waals surface area contributed by atoms with Crippen LogP contribution in [0.15, 0.2) is 0 Å². The molecular formula is C9H17NO5. The van der Waals surface area contributed by atoms with Crippen LogP contribution in [0.25, 0.3) is 0 Å². The molecule has 0 aromatic rings. The predicted molar refractivity (Wildman–Crippen MR) is 52.5 cm³/mol. The molecule has 0 saturated heterocycles. The summed E-state index contributed by atoms with van der Waals surface area (Å²) in [6.07, 6.45) is -0.699. The number of ether oxygens (including phenoxy) is 3. The van der Waals surface area contributed by atoms with Crippen LogP contribution >= 0.6 is 0 Å². The van der Waals surface area contributed by atoms with Crippen LogP contribution in [0.1, 0.15) is 13.8 Å². The molecule has 1 N–H and O–H groups in total. The van der Waals surface area contributed by atoms with Gasteiger partial charge in [0.05, 0.1) is 19.8 Å². The molecular weight excluding hydrogens is 202 g/mol. The molecule has 0 bridgehead atoms. The average molecular weight is 219 g/mol. The number of carbonyl (C=O) groups is 2. The van der Waals surface area contributed by atoms with E-state index >= 15 is 0 Å². The van der Waals surface area contributed by atoms with Gasteiger partial charge in [-0.15, -0.1) is 0 Å². The minimum absolute atomic E-state index is 0.111. The van der Waals surface area contributed by atoms with Gasteiger partial charge < -0.3 is 19.5 Å². The maximum absolute atomic E-state index is 10.8. The van der Waals surface area contributed by atoms with Crippen LogP contribution in [0, 0.1) is 0 Å². The zero-order chi connectivity index (χ0) is 11.5. The summed E-state index contributed by atoms with van der Waals surface area (Å²) in [4.78, 5) is 21.5. The molecule has 0 rings (SSSR count). The summed E-state index contributed by atoms with van der Waals surface area (Å²) in [7, 11) is 0. The fourth-order valence-electron chi connectivity index (χ4n) is 0.769. The highest BCUT2D eigenvalue weighted by atomic mass is 16.7. The molecule has 0 amide bonds. The van der Waals surface area contributed by atoms with E-state index in [1.165, 1.54) is 0 Å². The number of hydrogen-bond acceptors (Lipinski definition) is 6. The van der Waals surface area contributed by atoms with Crippen LogP contribution in [-0.4, -0.2) is 45.0 Å². The summed E-state index contributed by atoms with van der Waals surface area (Å²) in [5.41, 5.74) is 0. The molecule has 88 valence electrons. The zero-order valence-corrected chi connectivity index (χ0v) is 9.08. The molecule has 0 unspecified atom stereocenters. The number of nitrogens with one attached hydrogen (secondary N) is 1. The SMILES string of the molecule is CCOC(=O)CNCCOC(=O)OCC. The third kappa shape index (κ3) is 9.01. The third-order valence-corrected chi connectivity index (χ3v) is 1.34. The van der Waals surface area contributed by atoms with E-state index in [0.29, 0.717) is 13.2 Å². The Balaban J connectivity index is 3.24. The minimum atomic E-state index is -0.699. The molecule has 0 aliphatic carbocycles. The molecule has 0 spiro atoms. The van der Waals surface area contributed by atoms with Gasteiger partial charge in [0.2, 0.25) is 0 Å². The first-order valence-electron chi connectivity index (χ1n) is 4.86. The lowest BCUT2D eigenvalue weighted by Gasteiger charge is -2.05. The monoisotopic (exact) mass is 219 g/mol. The van der Waals surface area contributed by atoms with E-state index in [2.05, 4.69) is 19.5 Å². The number of esters is 1. The molecule has 0 heterocycles. The van der Waals surface area contributed by atoms with E-state index in [1.807, 2.05) is 0 Å². The average Bonchev–Trinajstić information content (AvgIpc) is 2.18. The normalized spacial score (nSPS) is 9.47. The first-order chi connectivity index (χ1) is 7.20. The topological polar surface area (TPSA) is 73.9 Å². The van der Waals surface area contributed by atoms with Crippen molar-refractivity contribution in [2.45, 2.75) is 13.8 Å². The van der Waals surface area contributed by atoms with E-state index in [4.69, 9.17) is 0 Å². The predicted octanol–water partition coefficient (Wildman–Crippen LogP) is 0.312. The van der Waals surface area contributed by atoms with Crippen LogP contribution in [0.2, 0.25) is 0 Å². The van der Waals surface area contributed by atoms with Gasteiger partial charge in [0.1, 0.15) is 6.61 Å². The highest BCUT2D eigenvalue weighted by Crippen LogP contribution is 1.83. The summed E-state index contributed by atoms with van der Waals surface area (Å²) in [5, 5.41) is 2.76. The minimum Gasteiger partial charge on any atom is -0.465 e. The van der Waals surface area contributed by atoms with E-state index < -0.39 is 6.16 Å². The fraction of sp³-hybridized carbons (Fsp3) is 0.778. The van der Waals surface area contributed by atoms with Gasteiger partial charge in [-0.05, 0) is 13.8 Å². The van der Waals surface area contributed by atoms with Crippen molar-refractivity contribution in [2.24, 2.45) is 0 Å². The van der Waals surface area contributed by atoms with Crippen molar-refractivity contribution in [3.63, 3.8) is 0 Å². The maximum Gasteiger partial charge on any atom is 0.508 e. The summed E-state index contributed by atoms with van der Waals surface area (Å²) in [5.74, 6) is -0.325. The number of hydrogen-bond donors (Lipinski definition) is 1. The number of rotatable bonds is 7. The van der Waals surface area contributed by atoms with Crippen LogP contribution in [0.5, 0.6) is 0 Å². The summed E-state index contributed by atoms with van der Waals surface area (Å²) >= 11 is 0. The Bertz CT molecular complexity index is 175. The highest BCUT2D eigenvalue weighted by Gasteiger charge is 2.02. The first kappa shape index (κ1) is 13.7. The van der Waals surface area contributed by atoms with Gasteiger partial charge in [0.15, 0.2) is 0 Å². The third-order valence-electron chi connectivity index (χ3n) is 1.34. The van der Waals surface area contributed by atoms with Crippen molar-refractivity contribution in [1.29, 1.82) is 0 Å². The maximum atomic E-state index is 10.8. The van der Waals surface area contributed by atoms with Gasteiger partial charge in [-0.25, -0.2) is 4.79 Å². The smallest absolute Gasteiger partial charge is 0.465 e. The Kier molecular flexibility index (Phi) is 8.46. The molecule has 0 saturated carbocycles. The molecule has 0 aromatic carbocycles. The van der Waals surface area contributed by atoms with Gasteiger partial charge in [-0.2, -0.15) is 0 Å². The standard InChI is InChI=1S/C9H17NO5/c1-3-13-8(11)7-10-5-6-15-9(12)14-4-2/h10H,3-7H2,1-2H3. The first-order valence-corrected chi connectivity index (χ1v) is 4.86. The quantitative estimate of drug-likeness (QED) is 0.490. The van der Waals surface area contributed by atoms with E-state index in [9.17, 15) is 9.59 Å². The van der Waals surface area contributed by atoms with Crippen molar-refractivity contribution < 1.29 is 23.8 Å². The van der Waals surface area contributed by atoms with Crippen molar-refractivity contribution in [2.75, 3.05) is 32.9 Å². The van der Waals surface area contributed by atoms with Gasteiger partial charge in [0, 0.05) is 6.54 Å². The summed E-state index contributed by atoms with van der Waals surface area (Å²) < 4.78 is 13.9. The van der Waals surface area contributed by atoms with Crippen molar-refractivity contribution in [3.05, 3.63) is 0 Å². The lowest BCUT2D eigenvalue weighted by molar-refractivity contribution is -0.142. The Labute approximate surface area is 88.9 Å². The van der Waals surface area contributed by atoms with Crippen LogP contribution in [0.4, 0.5) is 4.79 Å². The molecule has 0 aliphatic heterocycles. The highest BCUT2D eigenvalue weighted by molar-refractivity contribution is 5.71. The molecule has 15 heavy (non-hydrogen) atoms. The molecule has 0 radical (unpaired) electrons. The Morgan fingerprint density at radius 2 is 1.73 bits per heavy atom. The van der Waals surface area contributed by atoms with Crippen molar-refractivity contribution in [1.82, 2.24) is 5.32 Å². The largest absolute Gasteiger partial charge is 0.508 e. The van der Waals surface area contributed by atoms with Gasteiger partial charge in [0.25, 0.3) is 0 Å². The number of carbonyl (C=O) groups excluding carboxylic acids is 2. The molecule has 6 nitrogen and oxygen atoms in total. The zero-order valence-electron chi connectivity index (χ0n) is 9.08. The lowest BCUT2D eigenvalue weighted by atomic mass is 10.6. The van der Waals surface area contributed by atoms with E-state index in [0.717, 1.165) is 0 Å². The fourth-order valence-corrected chi connectivity index (χ4v) is 0.769. The van der Waals surface area contributed by atoms with Gasteiger partial charge >= 0.3 is 12.1 Å². The van der Waals surface area contributed by atoms with Gasteiger partial charge in [-0.1, -0.05) is 0 Å². The van der Waals surface area contributed by atoms with E-state index in [1.54, 1.807) is 13.8 Å². The van der Waals surface area contributed by atoms with Crippen molar-refractivity contribution in [3.8, 4) is 0 Å².